The number of nitrogens with one attached hydrogen (secondary N) is 1. The van der Waals surface area contributed by atoms with Gasteiger partial charge in [0.25, 0.3) is 0 Å². The van der Waals surface area contributed by atoms with Gasteiger partial charge in [0, 0.05) is 5.38 Å². The molecular formula is C14H16FN3O2S. The van der Waals surface area contributed by atoms with Gasteiger partial charge in [0.15, 0.2) is 5.13 Å². The van der Waals surface area contributed by atoms with Crippen LogP contribution < -0.4 is 11.1 Å². The summed E-state index contributed by atoms with van der Waals surface area (Å²) >= 11 is 1.27. The second-order valence-electron chi connectivity index (χ2n) is 4.77. The summed E-state index contributed by atoms with van der Waals surface area (Å²) in [6, 6.07) is 3.75. The Morgan fingerprint density at radius 2 is 2.24 bits per heavy atom. The van der Waals surface area contributed by atoms with Gasteiger partial charge in [-0.2, -0.15) is 0 Å². The van der Waals surface area contributed by atoms with E-state index in [1.165, 1.54) is 17.4 Å². The van der Waals surface area contributed by atoms with Crippen LogP contribution in [-0.4, -0.2) is 16.1 Å². The number of carbonyl (C=O) groups is 1. The second kappa shape index (κ2) is 6.19. The van der Waals surface area contributed by atoms with Gasteiger partial charge in [-0.15, -0.1) is 11.3 Å². The maximum atomic E-state index is 13.6. The number of nitrogens with zero attached hydrogens (tertiary/aromatic N) is 1. The number of carboxylic acid groups (broad SMARTS) is 1. The first kappa shape index (κ1) is 15.4. The van der Waals surface area contributed by atoms with Crippen LogP contribution in [0.25, 0.3) is 0 Å². The number of rotatable bonds is 5. The Morgan fingerprint density at radius 3 is 2.86 bits per heavy atom. The van der Waals surface area contributed by atoms with Crippen molar-refractivity contribution in [3.63, 3.8) is 0 Å². The molecule has 0 fully saturated rings. The summed E-state index contributed by atoms with van der Waals surface area (Å²) in [6.07, 6.45) is 0. The molecule has 5 nitrogen and oxygen atoms in total. The van der Waals surface area contributed by atoms with Gasteiger partial charge in [-0.05, 0) is 31.0 Å². The first-order chi connectivity index (χ1) is 9.88. The average molecular weight is 309 g/mol. The van der Waals surface area contributed by atoms with Crippen LogP contribution in [0.2, 0.25) is 0 Å². The molecule has 0 aliphatic rings. The Morgan fingerprint density at radius 1 is 1.52 bits per heavy atom. The molecule has 4 N–H and O–H groups in total. The predicted molar refractivity (Wildman–Crippen MR) is 79.9 cm³/mol. The second-order valence-corrected chi connectivity index (χ2v) is 5.63. The zero-order chi connectivity index (χ0) is 15.6. The van der Waals surface area contributed by atoms with E-state index in [-0.39, 0.29) is 11.9 Å². The van der Waals surface area contributed by atoms with Crippen molar-refractivity contribution in [2.45, 2.75) is 25.9 Å². The molecule has 0 spiro atoms. The SMILES string of the molecule is Cc1ccc(C(C)Nc2nc(C(N)C(=O)O)cs2)cc1F. The zero-order valence-electron chi connectivity index (χ0n) is 11.6. The van der Waals surface area contributed by atoms with E-state index in [2.05, 4.69) is 10.3 Å². The maximum Gasteiger partial charge on any atom is 0.326 e. The molecule has 1 aromatic carbocycles. The number of benzene rings is 1. The van der Waals surface area contributed by atoms with Crippen LogP contribution in [0.5, 0.6) is 0 Å². The molecule has 2 aromatic rings. The van der Waals surface area contributed by atoms with Crippen LogP contribution in [0, 0.1) is 12.7 Å². The number of hydrogen-bond donors (Lipinski definition) is 3. The Balaban J connectivity index is 2.10. The number of hydrogen-bond acceptors (Lipinski definition) is 5. The van der Waals surface area contributed by atoms with Crippen molar-refractivity contribution in [1.82, 2.24) is 4.98 Å². The summed E-state index contributed by atoms with van der Waals surface area (Å²) in [4.78, 5) is 14.9. The van der Waals surface area contributed by atoms with Crippen LogP contribution in [0.15, 0.2) is 23.6 Å². The summed E-state index contributed by atoms with van der Waals surface area (Å²) in [5.74, 6) is -1.38. The van der Waals surface area contributed by atoms with E-state index in [4.69, 9.17) is 10.8 Å². The number of thiazole rings is 1. The number of halogens is 1. The third-order valence-electron chi connectivity index (χ3n) is 3.14. The fourth-order valence-corrected chi connectivity index (χ4v) is 2.60. The van der Waals surface area contributed by atoms with Crippen LogP contribution in [0.1, 0.15) is 35.8 Å². The van der Waals surface area contributed by atoms with E-state index in [0.29, 0.717) is 16.4 Å². The van der Waals surface area contributed by atoms with Gasteiger partial charge in [0.05, 0.1) is 11.7 Å². The van der Waals surface area contributed by atoms with Crippen LogP contribution in [-0.2, 0) is 4.79 Å². The van der Waals surface area contributed by atoms with Crippen molar-refractivity contribution in [2.24, 2.45) is 5.73 Å². The highest BCUT2D eigenvalue weighted by Gasteiger charge is 2.18. The zero-order valence-corrected chi connectivity index (χ0v) is 12.4. The van der Waals surface area contributed by atoms with Gasteiger partial charge in [0.2, 0.25) is 0 Å². The number of aromatic nitrogens is 1. The van der Waals surface area contributed by atoms with E-state index in [1.54, 1.807) is 18.4 Å². The highest BCUT2D eigenvalue weighted by Crippen LogP contribution is 2.25. The first-order valence-corrected chi connectivity index (χ1v) is 7.23. The molecule has 7 heteroatoms. The summed E-state index contributed by atoms with van der Waals surface area (Å²) in [5, 5.41) is 14.1. The molecule has 2 unspecified atom stereocenters. The van der Waals surface area contributed by atoms with E-state index >= 15 is 0 Å². The van der Waals surface area contributed by atoms with Gasteiger partial charge in [-0.25, -0.2) is 9.37 Å². The Hall–Kier alpha value is -1.99. The molecule has 0 bridgehead atoms. The minimum absolute atomic E-state index is 0.153. The molecule has 1 heterocycles. The fourth-order valence-electron chi connectivity index (χ4n) is 1.77. The Bertz CT molecular complexity index is 659. The van der Waals surface area contributed by atoms with E-state index in [0.717, 1.165) is 5.56 Å². The minimum atomic E-state index is -1.14. The lowest BCUT2D eigenvalue weighted by molar-refractivity contribution is -0.138. The fraction of sp³-hybridized carbons (Fsp3) is 0.286. The molecule has 0 saturated heterocycles. The summed E-state index contributed by atoms with van der Waals surface area (Å²) in [6.45, 7) is 3.58. The summed E-state index contributed by atoms with van der Waals surface area (Å²) in [5.41, 5.74) is 7.18. The molecule has 0 saturated carbocycles. The standard InChI is InChI=1S/C14H16FN3O2S/c1-7-3-4-9(5-10(7)15)8(2)17-14-18-11(6-21-14)12(16)13(19)20/h3-6,8,12H,16H2,1-2H3,(H,17,18)(H,19,20). The normalized spacial score (nSPS) is 13.7. The highest BCUT2D eigenvalue weighted by atomic mass is 32.1. The van der Waals surface area contributed by atoms with E-state index in [9.17, 15) is 9.18 Å². The number of anilines is 1. The Labute approximate surface area is 125 Å². The molecule has 21 heavy (non-hydrogen) atoms. The molecular weight excluding hydrogens is 293 g/mol. The molecule has 0 amide bonds. The molecule has 0 aliphatic heterocycles. The predicted octanol–water partition coefficient (Wildman–Crippen LogP) is 2.85. The van der Waals surface area contributed by atoms with Crippen LogP contribution in [0.3, 0.4) is 0 Å². The quantitative estimate of drug-likeness (QED) is 0.790. The minimum Gasteiger partial charge on any atom is -0.480 e. The van der Waals surface area contributed by atoms with Crippen molar-refractivity contribution < 1.29 is 14.3 Å². The molecule has 112 valence electrons. The third kappa shape index (κ3) is 3.56. The molecule has 1 aromatic heterocycles. The lowest BCUT2D eigenvalue weighted by Gasteiger charge is -2.14. The summed E-state index contributed by atoms with van der Waals surface area (Å²) in [7, 11) is 0. The van der Waals surface area contributed by atoms with Gasteiger partial charge >= 0.3 is 5.97 Å². The number of nitrogens with two attached hydrogens (primary N) is 1. The van der Waals surface area contributed by atoms with Crippen molar-refractivity contribution in [3.05, 3.63) is 46.2 Å². The van der Waals surface area contributed by atoms with Gasteiger partial charge in [-0.3, -0.25) is 4.79 Å². The topological polar surface area (TPSA) is 88.2 Å². The average Bonchev–Trinajstić information content (AvgIpc) is 2.89. The Kier molecular flexibility index (Phi) is 4.54. The van der Waals surface area contributed by atoms with Crippen LogP contribution in [0.4, 0.5) is 9.52 Å². The van der Waals surface area contributed by atoms with Gasteiger partial charge < -0.3 is 16.2 Å². The third-order valence-corrected chi connectivity index (χ3v) is 3.93. The smallest absolute Gasteiger partial charge is 0.326 e. The molecule has 2 rings (SSSR count). The molecule has 0 radical (unpaired) electrons. The number of carboxylic acids is 1. The number of aliphatic carboxylic acids is 1. The first-order valence-electron chi connectivity index (χ1n) is 6.35. The lowest BCUT2D eigenvalue weighted by Crippen LogP contribution is -2.21. The maximum absolute atomic E-state index is 13.6. The number of aryl methyl sites for hydroxylation is 1. The summed E-state index contributed by atoms with van der Waals surface area (Å²) < 4.78 is 13.6. The van der Waals surface area contributed by atoms with E-state index in [1.807, 2.05) is 13.0 Å². The van der Waals surface area contributed by atoms with Gasteiger partial charge in [0.1, 0.15) is 11.9 Å². The van der Waals surface area contributed by atoms with Crippen molar-refractivity contribution in [2.75, 3.05) is 5.32 Å². The van der Waals surface area contributed by atoms with Crippen LogP contribution >= 0.6 is 11.3 Å². The van der Waals surface area contributed by atoms with Crippen molar-refractivity contribution in [3.8, 4) is 0 Å². The molecule has 2 atom stereocenters. The largest absolute Gasteiger partial charge is 0.480 e. The van der Waals surface area contributed by atoms with Gasteiger partial charge in [-0.1, -0.05) is 12.1 Å². The molecule has 0 aliphatic carbocycles. The van der Waals surface area contributed by atoms with Crippen molar-refractivity contribution in [1.29, 1.82) is 0 Å². The highest BCUT2D eigenvalue weighted by molar-refractivity contribution is 7.13. The van der Waals surface area contributed by atoms with E-state index < -0.39 is 12.0 Å². The lowest BCUT2D eigenvalue weighted by atomic mass is 10.1. The van der Waals surface area contributed by atoms with Crippen molar-refractivity contribution >= 4 is 22.4 Å². The monoisotopic (exact) mass is 309 g/mol.